The Hall–Kier alpha value is -8.20. The van der Waals surface area contributed by atoms with E-state index in [2.05, 4.69) is 268 Å². The summed E-state index contributed by atoms with van der Waals surface area (Å²) in [5.74, 6) is 0. The van der Waals surface area contributed by atoms with Gasteiger partial charge >= 0.3 is 0 Å². The van der Waals surface area contributed by atoms with Gasteiger partial charge in [0, 0.05) is 38.9 Å². The molecule has 1 heterocycles. The molecule has 0 amide bonds. The summed E-state index contributed by atoms with van der Waals surface area (Å²) in [5.41, 5.74) is 24.6. The highest BCUT2D eigenvalue weighted by atomic mass is 15.1. The molecule has 0 radical (unpaired) electrons. The van der Waals surface area contributed by atoms with Crippen molar-refractivity contribution < 1.29 is 0 Å². The number of fused-ring (bicyclic) bond motifs is 6. The molecule has 12 rings (SSSR count). The molecule has 1 aliphatic rings. The van der Waals surface area contributed by atoms with Crippen LogP contribution in [0.15, 0.2) is 231 Å². The fraction of sp³-hybridized carbons (Fsp3) is 0.0769. The van der Waals surface area contributed by atoms with Crippen LogP contribution < -0.4 is 4.90 Å². The molecular weight excluding hydrogens is 809 g/mol. The topological polar surface area (TPSA) is 8.17 Å². The van der Waals surface area contributed by atoms with Crippen molar-refractivity contribution in [2.24, 2.45) is 0 Å². The minimum Gasteiger partial charge on any atom is -0.311 e. The van der Waals surface area contributed by atoms with E-state index in [1.165, 1.54) is 99.7 Å². The third-order valence-electron chi connectivity index (χ3n) is 14.2. The number of aryl methyl sites for hydroxylation is 2. The van der Waals surface area contributed by atoms with Crippen molar-refractivity contribution in [3.05, 3.63) is 253 Å². The molecular formula is C65H50N2. The highest BCUT2D eigenvalue weighted by Gasteiger charge is 2.35. The molecule has 0 unspecified atom stereocenters. The number of benzene rings is 10. The maximum Gasteiger partial charge on any atom is 0.0547 e. The van der Waals surface area contributed by atoms with E-state index in [0.717, 1.165) is 22.7 Å². The van der Waals surface area contributed by atoms with Gasteiger partial charge in [-0.25, -0.2) is 0 Å². The summed E-state index contributed by atoms with van der Waals surface area (Å²) >= 11 is 0. The second kappa shape index (κ2) is 16.0. The second-order valence-electron chi connectivity index (χ2n) is 18.8. The highest BCUT2D eigenvalue weighted by molar-refractivity contribution is 6.10. The van der Waals surface area contributed by atoms with Crippen molar-refractivity contribution in [1.82, 2.24) is 4.57 Å². The van der Waals surface area contributed by atoms with Crippen LogP contribution in [0.4, 0.5) is 17.1 Å². The number of aromatic nitrogens is 1. The number of nitrogens with zero attached hydrogens (tertiary/aromatic N) is 2. The van der Waals surface area contributed by atoms with Crippen LogP contribution in [0.1, 0.15) is 36.1 Å². The average molecular weight is 859 g/mol. The first-order valence-electron chi connectivity index (χ1n) is 23.4. The minimum absolute atomic E-state index is 0.0463. The molecule has 0 aliphatic heterocycles. The Kier molecular flexibility index (Phi) is 9.66. The van der Waals surface area contributed by atoms with Gasteiger partial charge in [0.05, 0.1) is 11.0 Å². The molecule has 320 valence electrons. The maximum absolute atomic E-state index is 2.41. The van der Waals surface area contributed by atoms with E-state index in [1.807, 2.05) is 0 Å². The van der Waals surface area contributed by atoms with Crippen LogP contribution in [0.2, 0.25) is 0 Å². The van der Waals surface area contributed by atoms with Crippen LogP contribution in [0.25, 0.3) is 83.1 Å². The summed E-state index contributed by atoms with van der Waals surface area (Å²) in [5, 5.41) is 2.50. The van der Waals surface area contributed by atoms with Crippen molar-refractivity contribution in [2.45, 2.75) is 33.1 Å². The first-order valence-corrected chi connectivity index (χ1v) is 23.4. The van der Waals surface area contributed by atoms with Crippen LogP contribution in [0.3, 0.4) is 0 Å². The fourth-order valence-electron chi connectivity index (χ4n) is 10.5. The Balaban J connectivity index is 0.859. The quantitative estimate of drug-likeness (QED) is 0.148. The van der Waals surface area contributed by atoms with Crippen molar-refractivity contribution in [3.8, 4) is 61.3 Å². The van der Waals surface area contributed by atoms with Crippen LogP contribution in [-0.2, 0) is 5.41 Å². The molecule has 0 bridgehead atoms. The third-order valence-corrected chi connectivity index (χ3v) is 14.2. The first-order chi connectivity index (χ1) is 32.8. The SMILES string of the molecule is Cc1ccc(N(c2ccc(-c3ccc4c(c3)C(C)(C)c3cc(C)ccc3-4)cc2)c2ccc(-c3ccc4c5ccccc5n(-c5ccc(-c6ccc(-c7ccccc7)cc6)cc5)c4c3)cc2)cc1. The molecule has 0 atom stereocenters. The number of anilines is 3. The predicted octanol–water partition coefficient (Wildman–Crippen LogP) is 17.8. The molecule has 67 heavy (non-hydrogen) atoms. The molecule has 2 nitrogen and oxygen atoms in total. The van der Waals surface area contributed by atoms with Gasteiger partial charge in [-0.2, -0.15) is 0 Å². The molecule has 0 N–H and O–H groups in total. The van der Waals surface area contributed by atoms with Crippen molar-refractivity contribution >= 4 is 38.9 Å². The van der Waals surface area contributed by atoms with Gasteiger partial charge in [0.2, 0.25) is 0 Å². The second-order valence-corrected chi connectivity index (χ2v) is 18.8. The minimum atomic E-state index is -0.0463. The first kappa shape index (κ1) is 40.3. The maximum atomic E-state index is 2.41. The van der Waals surface area contributed by atoms with E-state index in [1.54, 1.807) is 0 Å². The van der Waals surface area contributed by atoms with Gasteiger partial charge in [0.15, 0.2) is 0 Å². The normalized spacial score (nSPS) is 12.6. The number of hydrogen-bond acceptors (Lipinski definition) is 1. The van der Waals surface area contributed by atoms with E-state index in [0.29, 0.717) is 0 Å². The Labute approximate surface area is 393 Å². The van der Waals surface area contributed by atoms with Crippen molar-refractivity contribution in [3.63, 3.8) is 0 Å². The number of para-hydroxylation sites is 1. The van der Waals surface area contributed by atoms with E-state index in [4.69, 9.17) is 0 Å². The largest absolute Gasteiger partial charge is 0.311 e. The van der Waals surface area contributed by atoms with Crippen LogP contribution in [0.5, 0.6) is 0 Å². The van der Waals surface area contributed by atoms with Crippen LogP contribution >= 0.6 is 0 Å². The molecule has 0 saturated heterocycles. The summed E-state index contributed by atoms with van der Waals surface area (Å²) in [6.45, 7) is 9.06. The Morgan fingerprint density at radius 1 is 0.328 bits per heavy atom. The number of hydrogen-bond donors (Lipinski definition) is 0. The van der Waals surface area contributed by atoms with Gasteiger partial charge in [0.1, 0.15) is 0 Å². The van der Waals surface area contributed by atoms with Gasteiger partial charge in [-0.15, -0.1) is 0 Å². The number of rotatable bonds is 8. The molecule has 1 aliphatic carbocycles. The van der Waals surface area contributed by atoms with Gasteiger partial charge in [-0.3, -0.25) is 0 Å². The zero-order chi connectivity index (χ0) is 45.2. The van der Waals surface area contributed by atoms with E-state index >= 15 is 0 Å². The summed E-state index contributed by atoms with van der Waals surface area (Å²) in [6.07, 6.45) is 0. The molecule has 11 aromatic rings. The molecule has 1 aromatic heterocycles. The van der Waals surface area contributed by atoms with Crippen molar-refractivity contribution in [2.75, 3.05) is 4.90 Å². The molecule has 10 aromatic carbocycles. The molecule has 0 spiro atoms. The lowest BCUT2D eigenvalue weighted by Crippen LogP contribution is -2.15. The lowest BCUT2D eigenvalue weighted by molar-refractivity contribution is 0.660. The monoisotopic (exact) mass is 858 g/mol. The Bertz CT molecular complexity index is 3610. The molecule has 2 heteroatoms. The lowest BCUT2D eigenvalue weighted by Gasteiger charge is -2.26. The molecule has 0 fully saturated rings. The summed E-state index contributed by atoms with van der Waals surface area (Å²) < 4.78 is 2.41. The van der Waals surface area contributed by atoms with Gasteiger partial charge in [-0.05, 0) is 147 Å². The van der Waals surface area contributed by atoms with E-state index < -0.39 is 0 Å². The van der Waals surface area contributed by atoms with Crippen LogP contribution in [-0.4, -0.2) is 4.57 Å². The zero-order valence-electron chi connectivity index (χ0n) is 38.3. The summed E-state index contributed by atoms with van der Waals surface area (Å²) in [7, 11) is 0. The summed E-state index contributed by atoms with van der Waals surface area (Å²) in [6, 6.07) is 85.0. The fourth-order valence-corrected chi connectivity index (χ4v) is 10.5. The predicted molar refractivity (Wildman–Crippen MR) is 284 cm³/mol. The Morgan fingerprint density at radius 2 is 0.746 bits per heavy atom. The zero-order valence-corrected chi connectivity index (χ0v) is 38.3. The molecule has 0 saturated carbocycles. The smallest absolute Gasteiger partial charge is 0.0547 e. The summed E-state index contributed by atoms with van der Waals surface area (Å²) in [4.78, 5) is 2.36. The third kappa shape index (κ3) is 7.05. The van der Waals surface area contributed by atoms with E-state index in [9.17, 15) is 0 Å². The van der Waals surface area contributed by atoms with Gasteiger partial charge < -0.3 is 9.47 Å². The van der Waals surface area contributed by atoms with E-state index in [-0.39, 0.29) is 5.41 Å². The van der Waals surface area contributed by atoms with Gasteiger partial charge in [0.25, 0.3) is 0 Å². The van der Waals surface area contributed by atoms with Crippen molar-refractivity contribution in [1.29, 1.82) is 0 Å². The lowest BCUT2D eigenvalue weighted by atomic mass is 9.81. The average Bonchev–Trinajstić information content (AvgIpc) is 3.82. The standard InChI is InChI=1S/C65H50N2/c1-43-14-29-53(30-15-43)66(54-31-23-49(24-32-54)51-27-38-58-57-37-16-44(2)40-61(57)65(3,4)62(58)41-51)55-33-25-50(26-34-55)52-28-39-60-59-12-8-9-13-63(59)67(64(60)42-52)56-35-21-48(22-36-56)47-19-17-46(18-20-47)45-10-6-5-7-11-45/h5-42H,1-4H3. The van der Waals surface area contributed by atoms with Crippen LogP contribution in [0, 0.1) is 13.8 Å². The highest BCUT2D eigenvalue weighted by Crippen LogP contribution is 2.50. The Morgan fingerprint density at radius 3 is 1.37 bits per heavy atom. The van der Waals surface area contributed by atoms with Gasteiger partial charge in [-0.1, -0.05) is 189 Å².